The van der Waals surface area contributed by atoms with Crippen molar-refractivity contribution >= 4 is 21.3 Å². The lowest BCUT2D eigenvalue weighted by atomic mass is 10.1. The minimum Gasteiger partial charge on any atom is -0.294 e. The zero-order chi connectivity index (χ0) is 17.7. The lowest BCUT2D eigenvalue weighted by Crippen LogP contribution is -2.26. The zero-order valence-electron chi connectivity index (χ0n) is 12.2. The highest BCUT2D eigenvalue weighted by atomic mass is 32.2. The molecule has 0 aliphatic rings. The summed E-state index contributed by atoms with van der Waals surface area (Å²) >= 11 is -2.22. The van der Waals surface area contributed by atoms with Crippen LogP contribution in [0.3, 0.4) is 0 Å². The van der Waals surface area contributed by atoms with Crippen LogP contribution in [0.25, 0.3) is 0 Å². The van der Waals surface area contributed by atoms with E-state index in [0.29, 0.717) is 11.1 Å². The van der Waals surface area contributed by atoms with E-state index < -0.39 is 37.8 Å². The molecule has 1 atom stereocenters. The van der Waals surface area contributed by atoms with Gasteiger partial charge in [0.1, 0.15) is 11.6 Å². The number of rotatable bonds is 7. The van der Waals surface area contributed by atoms with Gasteiger partial charge in [-0.05, 0) is 23.3 Å². The van der Waals surface area contributed by atoms with Crippen molar-refractivity contribution in [1.29, 1.82) is 0 Å². The number of benzene rings is 2. The normalized spacial score (nSPS) is 13.0. The Morgan fingerprint density at radius 2 is 1.50 bits per heavy atom. The Morgan fingerprint density at radius 1 is 0.958 bits per heavy atom. The summed E-state index contributed by atoms with van der Waals surface area (Å²) in [5.41, 5.74) is 1.06. The molecule has 2 aromatic rings. The Morgan fingerprint density at radius 3 is 2.04 bits per heavy atom. The summed E-state index contributed by atoms with van der Waals surface area (Å²) in [5.74, 6) is -2.37. The Balaban J connectivity index is 2.20. The fourth-order valence-electron chi connectivity index (χ4n) is 2.03. The predicted molar refractivity (Wildman–Crippen MR) is 84.4 cm³/mol. The summed E-state index contributed by atoms with van der Waals surface area (Å²) in [6, 6.07) is 9.32. The minimum absolute atomic E-state index is 0.0229. The van der Waals surface area contributed by atoms with Gasteiger partial charge in [0, 0.05) is 13.1 Å². The summed E-state index contributed by atoms with van der Waals surface area (Å²) in [6.07, 6.45) is 0. The molecule has 2 rings (SSSR count). The van der Waals surface area contributed by atoms with E-state index >= 15 is 0 Å². The molecular formula is C14H14F2N2O4S2. The predicted octanol–water partition coefficient (Wildman–Crippen LogP) is 1.67. The second kappa shape index (κ2) is 7.90. The van der Waals surface area contributed by atoms with Crippen LogP contribution in [0.1, 0.15) is 11.1 Å². The van der Waals surface area contributed by atoms with Crippen LogP contribution in [0, 0.1) is 11.6 Å². The van der Waals surface area contributed by atoms with E-state index in [0.717, 1.165) is 18.2 Å². The maximum Gasteiger partial charge on any atom is 0.246 e. The van der Waals surface area contributed by atoms with Crippen LogP contribution < -0.4 is 9.44 Å². The molecule has 0 aliphatic carbocycles. The van der Waals surface area contributed by atoms with E-state index in [9.17, 15) is 21.4 Å². The maximum atomic E-state index is 13.6. The van der Waals surface area contributed by atoms with Crippen LogP contribution in [-0.2, 0) is 34.4 Å². The van der Waals surface area contributed by atoms with Gasteiger partial charge in [-0.1, -0.05) is 30.3 Å². The first-order chi connectivity index (χ1) is 11.3. The zero-order valence-corrected chi connectivity index (χ0v) is 13.8. The molecule has 3 N–H and O–H groups in total. The monoisotopic (exact) mass is 376 g/mol. The molecule has 0 aliphatic heterocycles. The van der Waals surface area contributed by atoms with Gasteiger partial charge in [-0.15, -0.1) is 0 Å². The molecule has 1 unspecified atom stereocenters. The van der Waals surface area contributed by atoms with Crippen LogP contribution in [0.15, 0.2) is 47.4 Å². The molecule has 0 saturated carbocycles. The Bertz CT molecular complexity index is 839. The lowest BCUT2D eigenvalue weighted by Gasteiger charge is -2.12. The van der Waals surface area contributed by atoms with E-state index in [2.05, 4.69) is 9.44 Å². The molecule has 0 aromatic heterocycles. The molecule has 0 spiro atoms. The number of hydrogen-bond acceptors (Lipinski definition) is 3. The number of hydrogen-bond donors (Lipinski definition) is 3. The average molecular weight is 376 g/mol. The van der Waals surface area contributed by atoms with Gasteiger partial charge in [0.05, 0.1) is 0 Å². The van der Waals surface area contributed by atoms with Crippen molar-refractivity contribution in [3.8, 4) is 0 Å². The van der Waals surface area contributed by atoms with Gasteiger partial charge in [0.15, 0.2) is 4.90 Å². The number of halogens is 2. The quantitative estimate of drug-likeness (QED) is 0.641. The van der Waals surface area contributed by atoms with E-state index in [4.69, 9.17) is 4.55 Å². The Kier molecular flexibility index (Phi) is 6.13. The summed E-state index contributed by atoms with van der Waals surface area (Å²) in [5, 5.41) is 0. The third-order valence-electron chi connectivity index (χ3n) is 3.14. The molecule has 130 valence electrons. The van der Waals surface area contributed by atoms with Gasteiger partial charge in [0.2, 0.25) is 21.3 Å². The van der Waals surface area contributed by atoms with Gasteiger partial charge >= 0.3 is 0 Å². The Labute approximate surface area is 140 Å². The smallest absolute Gasteiger partial charge is 0.246 e. The van der Waals surface area contributed by atoms with Crippen molar-refractivity contribution < 1.29 is 26.0 Å². The van der Waals surface area contributed by atoms with Crippen LogP contribution in [0.2, 0.25) is 0 Å². The van der Waals surface area contributed by atoms with Crippen molar-refractivity contribution in [2.75, 3.05) is 0 Å². The first-order valence-electron chi connectivity index (χ1n) is 6.66. The highest BCUT2D eigenvalue weighted by molar-refractivity contribution is 7.89. The summed E-state index contributed by atoms with van der Waals surface area (Å²) in [7, 11) is -4.40. The van der Waals surface area contributed by atoms with Gasteiger partial charge in [-0.25, -0.2) is 30.9 Å². The third kappa shape index (κ3) is 4.65. The van der Waals surface area contributed by atoms with Crippen LogP contribution in [0.5, 0.6) is 0 Å². The average Bonchev–Trinajstić information content (AvgIpc) is 2.51. The standard InChI is InChI=1S/C14H14F2N2O4S2/c15-12-6-3-7-13(16)14(12)24(21,22)18-9-11-5-2-1-4-10(11)8-17-23(19)20/h1-7,17-18H,8-9H2,(H,19,20). The molecule has 0 amide bonds. The molecule has 0 saturated heterocycles. The molecule has 24 heavy (non-hydrogen) atoms. The largest absolute Gasteiger partial charge is 0.294 e. The van der Waals surface area contributed by atoms with E-state index in [1.54, 1.807) is 24.3 Å². The maximum absolute atomic E-state index is 13.6. The minimum atomic E-state index is -4.40. The van der Waals surface area contributed by atoms with Crippen molar-refractivity contribution in [3.63, 3.8) is 0 Å². The summed E-state index contributed by atoms with van der Waals surface area (Å²) in [6.45, 7) is -0.207. The van der Waals surface area contributed by atoms with Crippen LogP contribution in [-0.4, -0.2) is 17.2 Å². The highest BCUT2D eigenvalue weighted by Gasteiger charge is 2.23. The van der Waals surface area contributed by atoms with Crippen molar-refractivity contribution in [1.82, 2.24) is 9.44 Å². The molecule has 0 fully saturated rings. The van der Waals surface area contributed by atoms with Gasteiger partial charge in [-0.3, -0.25) is 4.55 Å². The third-order valence-corrected chi connectivity index (χ3v) is 4.99. The molecule has 6 nitrogen and oxygen atoms in total. The molecule has 2 aromatic carbocycles. The second-order valence-electron chi connectivity index (χ2n) is 4.71. The fraction of sp³-hybridized carbons (Fsp3) is 0.143. The van der Waals surface area contributed by atoms with E-state index in [-0.39, 0.29) is 13.1 Å². The second-order valence-corrected chi connectivity index (χ2v) is 7.21. The molecule has 0 heterocycles. The summed E-state index contributed by atoms with van der Waals surface area (Å²) < 4.78 is 75.3. The molecule has 0 bridgehead atoms. The summed E-state index contributed by atoms with van der Waals surface area (Å²) in [4.78, 5) is -1.04. The molecular weight excluding hydrogens is 362 g/mol. The van der Waals surface area contributed by atoms with E-state index in [1.165, 1.54) is 0 Å². The Hall–Kier alpha value is -1.72. The lowest BCUT2D eigenvalue weighted by molar-refractivity contribution is 0.513. The van der Waals surface area contributed by atoms with Crippen molar-refractivity contribution in [2.24, 2.45) is 0 Å². The van der Waals surface area contributed by atoms with E-state index in [1.807, 2.05) is 0 Å². The first-order valence-corrected chi connectivity index (χ1v) is 9.25. The number of sulfonamides is 1. The van der Waals surface area contributed by atoms with Crippen molar-refractivity contribution in [2.45, 2.75) is 18.0 Å². The SMILES string of the molecule is O=S(O)NCc1ccccc1CNS(=O)(=O)c1c(F)cccc1F. The highest BCUT2D eigenvalue weighted by Crippen LogP contribution is 2.19. The first kappa shape index (κ1) is 18.6. The topological polar surface area (TPSA) is 95.5 Å². The number of nitrogens with one attached hydrogen (secondary N) is 2. The van der Waals surface area contributed by atoms with Crippen LogP contribution in [0.4, 0.5) is 8.78 Å². The molecule has 0 radical (unpaired) electrons. The van der Waals surface area contributed by atoms with Crippen molar-refractivity contribution in [3.05, 3.63) is 65.2 Å². The van der Waals surface area contributed by atoms with Gasteiger partial charge < -0.3 is 0 Å². The fourth-order valence-corrected chi connectivity index (χ4v) is 3.44. The molecule has 10 heteroatoms. The van der Waals surface area contributed by atoms with Gasteiger partial charge in [0.25, 0.3) is 0 Å². The van der Waals surface area contributed by atoms with Crippen LogP contribution >= 0.6 is 0 Å². The van der Waals surface area contributed by atoms with Gasteiger partial charge in [-0.2, -0.15) is 0 Å².